The van der Waals surface area contributed by atoms with E-state index in [4.69, 9.17) is 9.47 Å². The molecule has 0 fully saturated rings. The van der Waals surface area contributed by atoms with Gasteiger partial charge in [-0.05, 0) is 45.0 Å². The van der Waals surface area contributed by atoms with Gasteiger partial charge in [0.05, 0.1) is 18.5 Å². The van der Waals surface area contributed by atoms with Crippen molar-refractivity contribution in [3.63, 3.8) is 0 Å². The number of rotatable bonds is 8. The molecule has 2 aromatic carbocycles. The number of aromatic nitrogens is 3. The summed E-state index contributed by atoms with van der Waals surface area (Å²) in [6.07, 6.45) is -0.142. The topological polar surface area (TPSA) is 66.2 Å². The molecule has 7 heteroatoms. The van der Waals surface area contributed by atoms with E-state index in [9.17, 15) is 4.79 Å². The van der Waals surface area contributed by atoms with Crippen LogP contribution in [0.4, 0.5) is 0 Å². The zero-order valence-corrected chi connectivity index (χ0v) is 17.0. The van der Waals surface area contributed by atoms with Crippen LogP contribution in [-0.2, 0) is 9.53 Å². The summed E-state index contributed by atoms with van der Waals surface area (Å²) in [5.41, 5.74) is 1.84. The van der Waals surface area contributed by atoms with Gasteiger partial charge >= 0.3 is 5.97 Å². The standard InChI is InChI=1S/C21H23N3O3S/c1-4-26-18-12-10-17(11-13-18)24-20(16-8-6-5-7-9-16)22-23-21(24)28-14-19(25)27-15(2)3/h5-13,15H,4,14H2,1-3H3. The predicted octanol–water partition coefficient (Wildman–Crippen LogP) is 4.38. The van der Waals surface area contributed by atoms with E-state index >= 15 is 0 Å². The first kappa shape index (κ1) is 19.9. The molecule has 0 saturated carbocycles. The van der Waals surface area contributed by atoms with Crippen molar-refractivity contribution < 1.29 is 14.3 Å². The fourth-order valence-electron chi connectivity index (χ4n) is 2.65. The van der Waals surface area contributed by atoms with Crippen LogP contribution in [-0.4, -0.2) is 39.2 Å². The molecule has 0 aliphatic rings. The van der Waals surface area contributed by atoms with Gasteiger partial charge in [-0.2, -0.15) is 0 Å². The highest BCUT2D eigenvalue weighted by molar-refractivity contribution is 7.99. The Morgan fingerprint density at radius 1 is 1.07 bits per heavy atom. The summed E-state index contributed by atoms with van der Waals surface area (Å²) >= 11 is 1.31. The molecule has 0 aliphatic carbocycles. The van der Waals surface area contributed by atoms with Gasteiger partial charge in [0.1, 0.15) is 5.75 Å². The summed E-state index contributed by atoms with van der Waals surface area (Å²) < 4.78 is 12.7. The van der Waals surface area contributed by atoms with Gasteiger partial charge in [0.2, 0.25) is 0 Å². The number of carbonyl (C=O) groups excluding carboxylic acids is 1. The van der Waals surface area contributed by atoms with Gasteiger partial charge in [0, 0.05) is 11.3 Å². The molecular weight excluding hydrogens is 374 g/mol. The molecule has 0 saturated heterocycles. The molecule has 0 aliphatic heterocycles. The zero-order valence-electron chi connectivity index (χ0n) is 16.2. The normalized spacial score (nSPS) is 10.9. The van der Waals surface area contributed by atoms with E-state index in [2.05, 4.69) is 10.2 Å². The maximum Gasteiger partial charge on any atom is 0.316 e. The maximum absolute atomic E-state index is 12.0. The summed E-state index contributed by atoms with van der Waals surface area (Å²) in [6.45, 7) is 6.23. The van der Waals surface area contributed by atoms with Crippen LogP contribution in [0.25, 0.3) is 17.1 Å². The molecule has 0 amide bonds. The summed E-state index contributed by atoms with van der Waals surface area (Å²) in [7, 11) is 0. The quantitative estimate of drug-likeness (QED) is 0.415. The molecule has 6 nitrogen and oxygen atoms in total. The van der Waals surface area contributed by atoms with Crippen molar-refractivity contribution in [1.29, 1.82) is 0 Å². The molecule has 3 aromatic rings. The SMILES string of the molecule is CCOc1ccc(-n2c(SCC(=O)OC(C)C)nnc2-c2ccccc2)cc1. The summed E-state index contributed by atoms with van der Waals surface area (Å²) in [5, 5.41) is 9.31. The number of hydrogen-bond donors (Lipinski definition) is 0. The van der Waals surface area contributed by atoms with Gasteiger partial charge in [0.25, 0.3) is 0 Å². The van der Waals surface area contributed by atoms with Crippen molar-refractivity contribution in [2.75, 3.05) is 12.4 Å². The fraction of sp³-hybridized carbons (Fsp3) is 0.286. The first-order valence-corrected chi connectivity index (χ1v) is 10.1. The average Bonchev–Trinajstić information content (AvgIpc) is 3.11. The van der Waals surface area contributed by atoms with E-state index in [1.807, 2.05) is 79.9 Å². The smallest absolute Gasteiger partial charge is 0.316 e. The Bertz CT molecular complexity index is 908. The largest absolute Gasteiger partial charge is 0.494 e. The lowest BCUT2D eigenvalue weighted by Gasteiger charge is -2.12. The van der Waals surface area contributed by atoms with E-state index < -0.39 is 0 Å². The second-order valence-electron chi connectivity index (χ2n) is 6.26. The van der Waals surface area contributed by atoms with E-state index in [0.29, 0.717) is 17.6 Å². The number of benzene rings is 2. The Labute approximate surface area is 168 Å². The molecule has 3 rings (SSSR count). The molecular formula is C21H23N3O3S. The molecule has 1 aromatic heterocycles. The van der Waals surface area contributed by atoms with Crippen LogP contribution < -0.4 is 4.74 Å². The lowest BCUT2D eigenvalue weighted by molar-refractivity contribution is -0.144. The number of ether oxygens (including phenoxy) is 2. The third kappa shape index (κ3) is 4.92. The van der Waals surface area contributed by atoms with Gasteiger partial charge in [-0.3, -0.25) is 9.36 Å². The molecule has 0 spiro atoms. The fourth-order valence-corrected chi connectivity index (χ4v) is 3.38. The minimum absolute atomic E-state index is 0.142. The van der Waals surface area contributed by atoms with E-state index in [0.717, 1.165) is 17.0 Å². The minimum Gasteiger partial charge on any atom is -0.494 e. The Hall–Kier alpha value is -2.80. The van der Waals surface area contributed by atoms with Crippen molar-refractivity contribution in [3.8, 4) is 22.8 Å². The van der Waals surface area contributed by atoms with E-state index in [-0.39, 0.29) is 17.8 Å². The number of hydrogen-bond acceptors (Lipinski definition) is 6. The first-order valence-electron chi connectivity index (χ1n) is 9.14. The number of thioether (sulfide) groups is 1. The molecule has 0 radical (unpaired) electrons. The monoisotopic (exact) mass is 397 g/mol. The predicted molar refractivity (Wildman–Crippen MR) is 110 cm³/mol. The first-order chi connectivity index (χ1) is 13.6. The molecule has 0 atom stereocenters. The number of carbonyl (C=O) groups is 1. The summed E-state index contributed by atoms with van der Waals surface area (Å²) in [6, 6.07) is 17.6. The highest BCUT2D eigenvalue weighted by atomic mass is 32.2. The second kappa shape index (κ2) is 9.41. The van der Waals surface area contributed by atoms with Gasteiger partial charge in [-0.15, -0.1) is 10.2 Å². The Morgan fingerprint density at radius 2 is 1.79 bits per heavy atom. The average molecular weight is 398 g/mol. The van der Waals surface area contributed by atoms with Crippen molar-refractivity contribution >= 4 is 17.7 Å². The van der Waals surface area contributed by atoms with Crippen LogP contribution in [0.15, 0.2) is 59.8 Å². The van der Waals surface area contributed by atoms with E-state index in [1.165, 1.54) is 11.8 Å². The zero-order chi connectivity index (χ0) is 19.9. The Balaban J connectivity index is 1.94. The van der Waals surface area contributed by atoms with Gasteiger partial charge in [0.15, 0.2) is 11.0 Å². The highest BCUT2D eigenvalue weighted by Crippen LogP contribution is 2.29. The molecule has 146 valence electrons. The summed E-state index contributed by atoms with van der Waals surface area (Å²) in [5.74, 6) is 1.41. The molecule has 28 heavy (non-hydrogen) atoms. The van der Waals surface area contributed by atoms with Gasteiger partial charge in [-0.25, -0.2) is 0 Å². The van der Waals surface area contributed by atoms with E-state index in [1.54, 1.807) is 0 Å². The highest BCUT2D eigenvalue weighted by Gasteiger charge is 2.18. The van der Waals surface area contributed by atoms with Crippen LogP contribution >= 0.6 is 11.8 Å². The van der Waals surface area contributed by atoms with Gasteiger partial charge in [-0.1, -0.05) is 42.1 Å². The number of esters is 1. The van der Waals surface area contributed by atoms with Crippen molar-refractivity contribution in [2.24, 2.45) is 0 Å². The van der Waals surface area contributed by atoms with Crippen molar-refractivity contribution in [3.05, 3.63) is 54.6 Å². The minimum atomic E-state index is -0.275. The molecule has 1 heterocycles. The molecule has 0 bridgehead atoms. The third-order valence-electron chi connectivity index (χ3n) is 3.76. The third-order valence-corrected chi connectivity index (χ3v) is 4.66. The van der Waals surface area contributed by atoms with Crippen LogP contribution in [0.5, 0.6) is 5.75 Å². The van der Waals surface area contributed by atoms with Gasteiger partial charge < -0.3 is 9.47 Å². The van der Waals surface area contributed by atoms with Crippen LogP contribution in [0.2, 0.25) is 0 Å². The van der Waals surface area contributed by atoms with Crippen LogP contribution in [0.1, 0.15) is 20.8 Å². The lowest BCUT2D eigenvalue weighted by Crippen LogP contribution is -2.13. The Kier molecular flexibility index (Phi) is 6.71. The molecule has 0 unspecified atom stereocenters. The van der Waals surface area contributed by atoms with Crippen LogP contribution in [0.3, 0.4) is 0 Å². The van der Waals surface area contributed by atoms with Crippen LogP contribution in [0, 0.1) is 0 Å². The number of nitrogens with zero attached hydrogens (tertiary/aromatic N) is 3. The van der Waals surface area contributed by atoms with Crippen molar-refractivity contribution in [2.45, 2.75) is 32.0 Å². The lowest BCUT2D eigenvalue weighted by atomic mass is 10.2. The second-order valence-corrected chi connectivity index (χ2v) is 7.20. The summed E-state index contributed by atoms with van der Waals surface area (Å²) in [4.78, 5) is 12.0. The maximum atomic E-state index is 12.0. The molecule has 0 N–H and O–H groups in total. The Morgan fingerprint density at radius 3 is 2.43 bits per heavy atom. The van der Waals surface area contributed by atoms with Crippen molar-refractivity contribution in [1.82, 2.24) is 14.8 Å².